The fourth-order valence-corrected chi connectivity index (χ4v) is 2.02. The molecule has 0 bridgehead atoms. The summed E-state index contributed by atoms with van der Waals surface area (Å²) in [5.41, 5.74) is -0.156. The van der Waals surface area contributed by atoms with Crippen molar-refractivity contribution in [2.45, 2.75) is 0 Å². The van der Waals surface area contributed by atoms with Crippen molar-refractivity contribution in [3.8, 4) is 0 Å². The van der Waals surface area contributed by atoms with E-state index in [9.17, 15) is 4.39 Å². The fraction of sp³-hybridized carbons (Fsp3) is 0. The van der Waals surface area contributed by atoms with Crippen LogP contribution in [0.2, 0.25) is 0 Å². The van der Waals surface area contributed by atoms with Gasteiger partial charge < -0.3 is 10.0 Å². The molecule has 0 aliphatic carbocycles. The maximum absolute atomic E-state index is 13.0. The smallest absolute Gasteiger partial charge is 0.423 e. The summed E-state index contributed by atoms with van der Waals surface area (Å²) in [6.07, 6.45) is 0. The van der Waals surface area contributed by atoms with Crippen molar-refractivity contribution >= 4 is 44.4 Å². The maximum atomic E-state index is 13.0. The van der Waals surface area contributed by atoms with Crippen LogP contribution >= 0.6 is 31.9 Å². The lowest BCUT2D eigenvalue weighted by molar-refractivity contribution is 0.423. The number of hydrogen-bond donors (Lipinski definition) is 2. The fourth-order valence-electron chi connectivity index (χ4n) is 0.764. The maximum Gasteiger partial charge on any atom is 0.491 e. The van der Waals surface area contributed by atoms with E-state index in [-0.39, 0.29) is 9.94 Å². The summed E-state index contributed by atoms with van der Waals surface area (Å²) in [6.45, 7) is 0. The van der Waals surface area contributed by atoms with Crippen molar-refractivity contribution in [2.75, 3.05) is 0 Å². The van der Waals surface area contributed by atoms with Crippen LogP contribution in [0.25, 0.3) is 0 Å². The van der Waals surface area contributed by atoms with E-state index < -0.39 is 12.9 Å². The van der Waals surface area contributed by atoms with Crippen LogP contribution < -0.4 is 5.46 Å². The minimum absolute atomic E-state index is 0.156. The first-order chi connectivity index (χ1) is 5.52. The van der Waals surface area contributed by atoms with Crippen LogP contribution in [0.5, 0.6) is 0 Å². The summed E-state index contributed by atoms with van der Waals surface area (Å²) >= 11 is 6.03. The van der Waals surface area contributed by atoms with Gasteiger partial charge in [0.25, 0.3) is 0 Å². The lowest BCUT2D eigenvalue weighted by atomic mass is 9.80. The third-order valence-electron chi connectivity index (χ3n) is 1.30. The summed E-state index contributed by atoms with van der Waals surface area (Å²) in [4.78, 5) is 0. The molecule has 0 unspecified atom stereocenters. The molecule has 0 heterocycles. The highest BCUT2D eigenvalue weighted by molar-refractivity contribution is 9.11. The van der Waals surface area contributed by atoms with E-state index in [1.54, 1.807) is 0 Å². The lowest BCUT2D eigenvalue weighted by Crippen LogP contribution is -2.33. The minimum Gasteiger partial charge on any atom is -0.423 e. The van der Waals surface area contributed by atoms with Crippen LogP contribution in [-0.2, 0) is 0 Å². The van der Waals surface area contributed by atoms with Crippen LogP contribution in [0.3, 0.4) is 0 Å². The minimum atomic E-state index is -1.79. The van der Waals surface area contributed by atoms with E-state index >= 15 is 0 Å². The van der Waals surface area contributed by atoms with Gasteiger partial charge in [-0.15, -0.1) is 0 Å². The molecule has 2 nitrogen and oxygen atoms in total. The van der Waals surface area contributed by atoms with Crippen molar-refractivity contribution < 1.29 is 14.4 Å². The molecule has 0 aliphatic heterocycles. The van der Waals surface area contributed by atoms with Gasteiger partial charge in [0.15, 0.2) is 0 Å². The van der Waals surface area contributed by atoms with Crippen LogP contribution in [0.1, 0.15) is 0 Å². The van der Waals surface area contributed by atoms with Gasteiger partial charge in [-0.3, -0.25) is 0 Å². The van der Waals surface area contributed by atoms with Gasteiger partial charge >= 0.3 is 7.12 Å². The van der Waals surface area contributed by atoms with Crippen molar-refractivity contribution in [1.82, 2.24) is 0 Å². The molecule has 64 valence electrons. The number of benzene rings is 1. The molecule has 0 aromatic heterocycles. The van der Waals surface area contributed by atoms with E-state index in [0.717, 1.165) is 0 Å². The molecule has 0 aliphatic rings. The van der Waals surface area contributed by atoms with Crippen LogP contribution in [0.15, 0.2) is 21.1 Å². The SMILES string of the molecule is OB(O)c1cc(Br)cc(Br)c1F. The van der Waals surface area contributed by atoms with Gasteiger partial charge in [0.05, 0.1) is 4.47 Å². The van der Waals surface area contributed by atoms with E-state index in [1.807, 2.05) is 0 Å². The summed E-state index contributed by atoms with van der Waals surface area (Å²) in [6, 6.07) is 2.80. The molecule has 0 saturated carbocycles. The zero-order valence-electron chi connectivity index (χ0n) is 5.76. The summed E-state index contributed by atoms with van der Waals surface area (Å²) in [7, 11) is -1.79. The van der Waals surface area contributed by atoms with E-state index in [1.165, 1.54) is 12.1 Å². The molecule has 12 heavy (non-hydrogen) atoms. The van der Waals surface area contributed by atoms with Crippen LogP contribution in [0, 0.1) is 5.82 Å². The van der Waals surface area contributed by atoms with Gasteiger partial charge in [0.2, 0.25) is 0 Å². The van der Waals surface area contributed by atoms with Crippen LogP contribution in [0.4, 0.5) is 4.39 Å². The second kappa shape index (κ2) is 3.87. The molecular formula is C6H4BBr2FO2. The Hall–Kier alpha value is 0.0949. The third-order valence-corrected chi connectivity index (χ3v) is 2.33. The predicted molar refractivity (Wildman–Crippen MR) is 51.6 cm³/mol. The quantitative estimate of drug-likeness (QED) is 0.600. The molecule has 0 atom stereocenters. The average Bonchev–Trinajstić information content (AvgIpc) is 1.96. The molecule has 1 aromatic rings. The van der Waals surface area contributed by atoms with Crippen molar-refractivity contribution in [3.05, 3.63) is 26.9 Å². The Balaban J connectivity index is 3.28. The molecular weight excluding hydrogens is 294 g/mol. The van der Waals surface area contributed by atoms with Gasteiger partial charge in [0, 0.05) is 9.94 Å². The summed E-state index contributed by atoms with van der Waals surface area (Å²) in [5, 5.41) is 17.5. The van der Waals surface area contributed by atoms with E-state index in [2.05, 4.69) is 31.9 Å². The summed E-state index contributed by atoms with van der Waals surface area (Å²) in [5.74, 6) is -0.659. The van der Waals surface area contributed by atoms with Gasteiger partial charge in [-0.1, -0.05) is 15.9 Å². The summed E-state index contributed by atoms with van der Waals surface area (Å²) < 4.78 is 13.8. The Morgan fingerprint density at radius 1 is 1.25 bits per heavy atom. The Labute approximate surface area is 85.8 Å². The van der Waals surface area contributed by atoms with Crippen LogP contribution in [-0.4, -0.2) is 17.2 Å². The van der Waals surface area contributed by atoms with Crippen molar-refractivity contribution in [3.63, 3.8) is 0 Å². The number of hydrogen-bond acceptors (Lipinski definition) is 2. The zero-order valence-corrected chi connectivity index (χ0v) is 8.93. The zero-order chi connectivity index (χ0) is 9.30. The predicted octanol–water partition coefficient (Wildman–Crippen LogP) is 1.03. The topological polar surface area (TPSA) is 40.5 Å². The number of rotatable bonds is 1. The van der Waals surface area contributed by atoms with Crippen molar-refractivity contribution in [1.29, 1.82) is 0 Å². The highest BCUT2D eigenvalue weighted by Gasteiger charge is 2.18. The Bertz CT molecular complexity index is 306. The first kappa shape index (κ1) is 10.2. The van der Waals surface area contributed by atoms with Gasteiger partial charge in [-0.2, -0.15) is 0 Å². The lowest BCUT2D eigenvalue weighted by Gasteiger charge is -2.03. The van der Waals surface area contributed by atoms with Gasteiger partial charge in [0.1, 0.15) is 5.82 Å². The largest absolute Gasteiger partial charge is 0.491 e. The highest BCUT2D eigenvalue weighted by Crippen LogP contribution is 2.19. The Morgan fingerprint density at radius 2 is 1.83 bits per heavy atom. The molecule has 6 heteroatoms. The molecule has 0 amide bonds. The van der Waals surface area contributed by atoms with E-state index in [4.69, 9.17) is 10.0 Å². The first-order valence-corrected chi connectivity index (χ1v) is 4.61. The third kappa shape index (κ3) is 2.07. The molecule has 1 aromatic carbocycles. The standard InChI is InChI=1S/C6H4BBr2FO2/c8-3-1-4(7(11)12)6(10)5(9)2-3/h1-2,11-12H. The Morgan fingerprint density at radius 3 is 2.33 bits per heavy atom. The molecule has 0 radical (unpaired) electrons. The van der Waals surface area contributed by atoms with Crippen molar-refractivity contribution in [2.24, 2.45) is 0 Å². The highest BCUT2D eigenvalue weighted by atomic mass is 79.9. The van der Waals surface area contributed by atoms with E-state index in [0.29, 0.717) is 4.47 Å². The average molecular weight is 298 g/mol. The molecule has 0 fully saturated rings. The molecule has 2 N–H and O–H groups in total. The Kier molecular flexibility index (Phi) is 3.28. The van der Waals surface area contributed by atoms with Gasteiger partial charge in [-0.25, -0.2) is 4.39 Å². The normalized spacial score (nSPS) is 10.1. The first-order valence-electron chi connectivity index (χ1n) is 3.03. The molecule has 1 rings (SSSR count). The number of halogens is 3. The monoisotopic (exact) mass is 296 g/mol. The second-order valence-corrected chi connectivity index (χ2v) is 3.93. The molecule has 0 spiro atoms. The van der Waals surface area contributed by atoms with Gasteiger partial charge in [-0.05, 0) is 28.1 Å². The molecule has 0 saturated heterocycles. The second-order valence-electron chi connectivity index (χ2n) is 2.16.